The summed E-state index contributed by atoms with van der Waals surface area (Å²) in [5, 5.41) is 7.46. The van der Waals surface area contributed by atoms with Crippen molar-refractivity contribution in [1.82, 2.24) is 15.5 Å². The second kappa shape index (κ2) is 4.75. The summed E-state index contributed by atoms with van der Waals surface area (Å²) >= 11 is 0. The van der Waals surface area contributed by atoms with Gasteiger partial charge in [-0.05, 0) is 25.3 Å². The summed E-state index contributed by atoms with van der Waals surface area (Å²) in [4.78, 5) is 4.43. The summed E-state index contributed by atoms with van der Waals surface area (Å²) in [6, 6.07) is 0.309. The van der Waals surface area contributed by atoms with Gasteiger partial charge in [-0.2, -0.15) is 4.98 Å². The van der Waals surface area contributed by atoms with E-state index in [1.807, 2.05) is 0 Å². The van der Waals surface area contributed by atoms with Crippen molar-refractivity contribution >= 4 is 0 Å². The van der Waals surface area contributed by atoms with E-state index in [9.17, 15) is 0 Å². The lowest BCUT2D eigenvalue weighted by Crippen LogP contribution is -2.27. The lowest BCUT2D eigenvalue weighted by molar-refractivity contribution is 0.341. The van der Waals surface area contributed by atoms with E-state index in [1.165, 1.54) is 12.8 Å². The summed E-state index contributed by atoms with van der Waals surface area (Å²) in [6.07, 6.45) is 4.51. The molecule has 0 saturated carbocycles. The predicted molar refractivity (Wildman–Crippen MR) is 57.4 cm³/mol. The summed E-state index contributed by atoms with van der Waals surface area (Å²) in [6.45, 7) is 5.38. The maximum absolute atomic E-state index is 5.23. The molecule has 1 fully saturated rings. The number of aromatic nitrogens is 2. The first kappa shape index (κ1) is 10.6. The lowest BCUT2D eigenvalue weighted by Gasteiger charge is -2.19. The van der Waals surface area contributed by atoms with E-state index < -0.39 is 0 Å². The fourth-order valence-electron chi connectivity index (χ4n) is 1.91. The number of hydrogen-bond acceptors (Lipinski definition) is 4. The second-order valence-electron chi connectivity index (χ2n) is 4.65. The highest BCUT2D eigenvalue weighted by Gasteiger charge is 2.20. The SMILES string of the molecule is CC(C)Cc1nc(C2CCCCN2)no1. The van der Waals surface area contributed by atoms with E-state index in [1.54, 1.807) is 0 Å². The summed E-state index contributed by atoms with van der Waals surface area (Å²) < 4.78 is 5.23. The average molecular weight is 209 g/mol. The molecule has 2 heterocycles. The average Bonchev–Trinajstić information content (AvgIpc) is 2.67. The number of piperidine rings is 1. The van der Waals surface area contributed by atoms with Crippen molar-refractivity contribution in [3.8, 4) is 0 Å². The van der Waals surface area contributed by atoms with Crippen LogP contribution in [-0.2, 0) is 6.42 Å². The molecule has 1 aliphatic heterocycles. The number of nitrogens with one attached hydrogen (secondary N) is 1. The Balaban J connectivity index is 1.99. The molecule has 4 heteroatoms. The first-order valence-corrected chi connectivity index (χ1v) is 5.81. The van der Waals surface area contributed by atoms with Crippen LogP contribution in [0, 0.1) is 5.92 Å². The van der Waals surface area contributed by atoms with Crippen LogP contribution in [0.4, 0.5) is 0 Å². The van der Waals surface area contributed by atoms with Crippen LogP contribution in [0.2, 0.25) is 0 Å². The number of rotatable bonds is 3. The fourth-order valence-corrected chi connectivity index (χ4v) is 1.91. The fraction of sp³-hybridized carbons (Fsp3) is 0.818. The minimum atomic E-state index is 0.309. The van der Waals surface area contributed by atoms with Gasteiger partial charge in [0, 0.05) is 6.42 Å². The Labute approximate surface area is 90.4 Å². The maximum Gasteiger partial charge on any atom is 0.226 e. The molecule has 0 radical (unpaired) electrons. The molecule has 4 nitrogen and oxygen atoms in total. The van der Waals surface area contributed by atoms with Crippen molar-refractivity contribution < 1.29 is 4.52 Å². The largest absolute Gasteiger partial charge is 0.339 e. The summed E-state index contributed by atoms with van der Waals surface area (Å²) in [5.41, 5.74) is 0. The molecule has 1 N–H and O–H groups in total. The molecular weight excluding hydrogens is 190 g/mol. The molecule has 1 unspecified atom stereocenters. The predicted octanol–water partition coefficient (Wildman–Crippen LogP) is 2.08. The van der Waals surface area contributed by atoms with E-state index in [2.05, 4.69) is 29.3 Å². The molecule has 15 heavy (non-hydrogen) atoms. The molecule has 0 bridgehead atoms. The third kappa shape index (κ3) is 2.78. The van der Waals surface area contributed by atoms with Gasteiger partial charge < -0.3 is 9.84 Å². The van der Waals surface area contributed by atoms with E-state index in [0.29, 0.717) is 12.0 Å². The van der Waals surface area contributed by atoms with Crippen molar-refractivity contribution in [2.75, 3.05) is 6.54 Å². The van der Waals surface area contributed by atoms with Gasteiger partial charge in [-0.3, -0.25) is 0 Å². The zero-order valence-electron chi connectivity index (χ0n) is 9.49. The van der Waals surface area contributed by atoms with Gasteiger partial charge in [0.2, 0.25) is 5.89 Å². The van der Waals surface area contributed by atoms with E-state index in [0.717, 1.165) is 31.1 Å². The van der Waals surface area contributed by atoms with Crippen molar-refractivity contribution in [2.24, 2.45) is 5.92 Å². The van der Waals surface area contributed by atoms with Gasteiger partial charge >= 0.3 is 0 Å². The van der Waals surface area contributed by atoms with Crippen LogP contribution >= 0.6 is 0 Å². The van der Waals surface area contributed by atoms with E-state index >= 15 is 0 Å². The normalized spacial score (nSPS) is 22.2. The molecule has 0 amide bonds. The molecule has 84 valence electrons. The van der Waals surface area contributed by atoms with Gasteiger partial charge in [0.15, 0.2) is 5.82 Å². The monoisotopic (exact) mass is 209 g/mol. The second-order valence-corrected chi connectivity index (χ2v) is 4.65. The van der Waals surface area contributed by atoms with Crippen LogP contribution in [0.15, 0.2) is 4.52 Å². The minimum Gasteiger partial charge on any atom is -0.339 e. The number of nitrogens with zero attached hydrogens (tertiary/aromatic N) is 2. The molecule has 0 spiro atoms. The van der Waals surface area contributed by atoms with Gasteiger partial charge in [0.25, 0.3) is 0 Å². The molecule has 1 atom stereocenters. The minimum absolute atomic E-state index is 0.309. The van der Waals surface area contributed by atoms with Crippen molar-refractivity contribution in [3.63, 3.8) is 0 Å². The Bertz CT molecular complexity index is 303. The smallest absolute Gasteiger partial charge is 0.226 e. The molecule has 0 aliphatic carbocycles. The van der Waals surface area contributed by atoms with E-state index in [-0.39, 0.29) is 0 Å². The van der Waals surface area contributed by atoms with Crippen LogP contribution in [0.5, 0.6) is 0 Å². The highest BCUT2D eigenvalue weighted by atomic mass is 16.5. The van der Waals surface area contributed by atoms with E-state index in [4.69, 9.17) is 4.52 Å². The Morgan fingerprint density at radius 2 is 2.33 bits per heavy atom. The van der Waals surface area contributed by atoms with Crippen molar-refractivity contribution in [2.45, 2.75) is 45.6 Å². The first-order chi connectivity index (χ1) is 7.25. The van der Waals surface area contributed by atoms with Crippen LogP contribution in [0.25, 0.3) is 0 Å². The zero-order chi connectivity index (χ0) is 10.7. The Kier molecular flexibility index (Phi) is 3.36. The molecule has 1 aromatic heterocycles. The first-order valence-electron chi connectivity index (χ1n) is 5.81. The van der Waals surface area contributed by atoms with Crippen molar-refractivity contribution in [3.05, 3.63) is 11.7 Å². The number of hydrogen-bond donors (Lipinski definition) is 1. The lowest BCUT2D eigenvalue weighted by atomic mass is 10.0. The Morgan fingerprint density at radius 3 is 3.00 bits per heavy atom. The molecule has 1 aromatic rings. The van der Waals surface area contributed by atoms with Crippen LogP contribution in [0.1, 0.15) is 50.9 Å². The Hall–Kier alpha value is -0.900. The molecule has 2 rings (SSSR count). The third-order valence-corrected chi connectivity index (χ3v) is 2.69. The molecule has 0 aromatic carbocycles. The van der Waals surface area contributed by atoms with Crippen molar-refractivity contribution in [1.29, 1.82) is 0 Å². The highest BCUT2D eigenvalue weighted by Crippen LogP contribution is 2.20. The quantitative estimate of drug-likeness (QED) is 0.828. The maximum atomic E-state index is 5.23. The highest BCUT2D eigenvalue weighted by molar-refractivity contribution is 4.96. The van der Waals surface area contributed by atoms with Crippen LogP contribution in [-0.4, -0.2) is 16.7 Å². The molecule has 1 saturated heterocycles. The zero-order valence-corrected chi connectivity index (χ0v) is 9.49. The van der Waals surface area contributed by atoms with Gasteiger partial charge in [-0.15, -0.1) is 0 Å². The van der Waals surface area contributed by atoms with Gasteiger partial charge in [-0.25, -0.2) is 0 Å². The summed E-state index contributed by atoms with van der Waals surface area (Å²) in [7, 11) is 0. The van der Waals surface area contributed by atoms with Crippen LogP contribution in [0.3, 0.4) is 0 Å². The molecule has 1 aliphatic rings. The van der Waals surface area contributed by atoms with Gasteiger partial charge in [-0.1, -0.05) is 25.4 Å². The third-order valence-electron chi connectivity index (χ3n) is 2.69. The molecular formula is C11H19N3O. The topological polar surface area (TPSA) is 51.0 Å². The summed E-state index contributed by atoms with van der Waals surface area (Å²) in [5.74, 6) is 2.18. The van der Waals surface area contributed by atoms with Crippen LogP contribution < -0.4 is 5.32 Å². The van der Waals surface area contributed by atoms with Gasteiger partial charge in [0.05, 0.1) is 6.04 Å². The standard InChI is InChI=1S/C11H19N3O/c1-8(2)7-10-13-11(14-15-10)9-5-3-4-6-12-9/h8-9,12H,3-7H2,1-2H3. The van der Waals surface area contributed by atoms with Gasteiger partial charge in [0.1, 0.15) is 0 Å². The Morgan fingerprint density at radius 1 is 1.47 bits per heavy atom.